The highest BCUT2D eigenvalue weighted by molar-refractivity contribution is 5.84. The Kier molecular flexibility index (Phi) is 3.90. The van der Waals surface area contributed by atoms with E-state index in [0.29, 0.717) is 0 Å². The summed E-state index contributed by atoms with van der Waals surface area (Å²) in [5.74, 6) is 1.57. The SMILES string of the molecule is COc1ccc2nc(NC(C)(C)C)c(-c3ccccc3)nc2c1. The lowest BCUT2D eigenvalue weighted by Crippen LogP contribution is -2.27. The highest BCUT2D eigenvalue weighted by atomic mass is 16.5. The number of benzene rings is 2. The summed E-state index contributed by atoms with van der Waals surface area (Å²) >= 11 is 0. The number of aromatic nitrogens is 2. The quantitative estimate of drug-likeness (QED) is 0.773. The number of methoxy groups -OCH3 is 1. The van der Waals surface area contributed by atoms with Crippen LogP contribution in [0.2, 0.25) is 0 Å². The molecule has 3 aromatic rings. The van der Waals surface area contributed by atoms with E-state index < -0.39 is 0 Å². The van der Waals surface area contributed by atoms with E-state index in [2.05, 4.69) is 26.1 Å². The topological polar surface area (TPSA) is 47.0 Å². The van der Waals surface area contributed by atoms with E-state index in [-0.39, 0.29) is 5.54 Å². The Morgan fingerprint density at radius 3 is 2.30 bits per heavy atom. The molecule has 118 valence electrons. The van der Waals surface area contributed by atoms with Crippen molar-refractivity contribution in [3.63, 3.8) is 0 Å². The van der Waals surface area contributed by atoms with Gasteiger partial charge in [0, 0.05) is 17.2 Å². The molecule has 0 atom stereocenters. The van der Waals surface area contributed by atoms with Gasteiger partial charge in [-0.15, -0.1) is 0 Å². The van der Waals surface area contributed by atoms with Crippen molar-refractivity contribution in [3.8, 4) is 17.0 Å². The van der Waals surface area contributed by atoms with E-state index in [4.69, 9.17) is 14.7 Å². The third-order valence-electron chi connectivity index (χ3n) is 3.41. The van der Waals surface area contributed by atoms with E-state index in [1.54, 1.807) is 7.11 Å². The van der Waals surface area contributed by atoms with Gasteiger partial charge in [0.05, 0.1) is 18.1 Å². The maximum absolute atomic E-state index is 5.30. The first kappa shape index (κ1) is 15.3. The Morgan fingerprint density at radius 1 is 0.913 bits per heavy atom. The lowest BCUT2D eigenvalue weighted by atomic mass is 10.1. The van der Waals surface area contributed by atoms with Crippen LogP contribution in [-0.2, 0) is 0 Å². The van der Waals surface area contributed by atoms with Crippen molar-refractivity contribution in [1.29, 1.82) is 0 Å². The van der Waals surface area contributed by atoms with Gasteiger partial charge in [0.2, 0.25) is 0 Å². The van der Waals surface area contributed by atoms with Crippen LogP contribution in [0.4, 0.5) is 5.82 Å². The minimum Gasteiger partial charge on any atom is -0.497 e. The number of anilines is 1. The third-order valence-corrected chi connectivity index (χ3v) is 3.41. The third kappa shape index (κ3) is 3.42. The molecule has 0 spiro atoms. The summed E-state index contributed by atoms with van der Waals surface area (Å²) < 4.78 is 5.30. The minimum atomic E-state index is -0.0989. The van der Waals surface area contributed by atoms with Crippen LogP contribution in [-0.4, -0.2) is 22.6 Å². The molecule has 0 bridgehead atoms. The Bertz CT molecular complexity index is 823. The largest absolute Gasteiger partial charge is 0.497 e. The van der Waals surface area contributed by atoms with E-state index in [1.165, 1.54) is 0 Å². The molecule has 0 aliphatic rings. The second-order valence-corrected chi connectivity index (χ2v) is 6.52. The highest BCUT2D eigenvalue weighted by Crippen LogP contribution is 2.30. The number of ether oxygens (including phenoxy) is 1. The van der Waals surface area contributed by atoms with Gasteiger partial charge < -0.3 is 10.1 Å². The molecule has 0 unspecified atom stereocenters. The summed E-state index contributed by atoms with van der Waals surface area (Å²) in [5.41, 5.74) is 3.45. The molecule has 3 rings (SSSR count). The maximum Gasteiger partial charge on any atom is 0.153 e. The monoisotopic (exact) mass is 307 g/mol. The molecular weight excluding hydrogens is 286 g/mol. The fraction of sp³-hybridized carbons (Fsp3) is 0.263. The molecule has 23 heavy (non-hydrogen) atoms. The van der Waals surface area contributed by atoms with Crippen LogP contribution in [0.5, 0.6) is 5.75 Å². The first-order valence-electron chi connectivity index (χ1n) is 7.66. The molecule has 4 nitrogen and oxygen atoms in total. The van der Waals surface area contributed by atoms with Gasteiger partial charge in [0.1, 0.15) is 11.4 Å². The Balaban J connectivity index is 2.22. The average Bonchev–Trinajstić information content (AvgIpc) is 2.53. The summed E-state index contributed by atoms with van der Waals surface area (Å²) in [6, 6.07) is 15.9. The molecule has 1 aromatic heterocycles. The van der Waals surface area contributed by atoms with Gasteiger partial charge in [-0.05, 0) is 32.9 Å². The lowest BCUT2D eigenvalue weighted by molar-refractivity contribution is 0.415. The Hall–Kier alpha value is -2.62. The van der Waals surface area contributed by atoms with Crippen LogP contribution < -0.4 is 10.1 Å². The van der Waals surface area contributed by atoms with E-state index >= 15 is 0 Å². The van der Waals surface area contributed by atoms with Gasteiger partial charge in [0.25, 0.3) is 0 Å². The Labute approximate surface area is 136 Å². The molecule has 0 saturated carbocycles. The summed E-state index contributed by atoms with van der Waals surface area (Å²) in [4.78, 5) is 9.62. The highest BCUT2D eigenvalue weighted by Gasteiger charge is 2.17. The van der Waals surface area contributed by atoms with Crippen LogP contribution in [0.1, 0.15) is 20.8 Å². The van der Waals surface area contributed by atoms with E-state index in [9.17, 15) is 0 Å². The van der Waals surface area contributed by atoms with Gasteiger partial charge in [-0.25, -0.2) is 9.97 Å². The van der Waals surface area contributed by atoms with Crippen LogP contribution in [0, 0.1) is 0 Å². The summed E-state index contributed by atoms with van der Waals surface area (Å²) in [5, 5.41) is 3.46. The first-order chi connectivity index (χ1) is 11.0. The molecule has 0 fully saturated rings. The van der Waals surface area contributed by atoms with Crippen LogP contribution in [0.3, 0.4) is 0 Å². The van der Waals surface area contributed by atoms with Crippen molar-refractivity contribution in [2.24, 2.45) is 0 Å². The predicted molar refractivity (Wildman–Crippen MR) is 94.9 cm³/mol. The zero-order valence-corrected chi connectivity index (χ0v) is 13.9. The van der Waals surface area contributed by atoms with Gasteiger partial charge >= 0.3 is 0 Å². The number of nitrogens with zero attached hydrogens (tertiary/aromatic N) is 2. The Morgan fingerprint density at radius 2 is 1.65 bits per heavy atom. The van der Waals surface area contributed by atoms with Crippen LogP contribution in [0.25, 0.3) is 22.3 Å². The summed E-state index contributed by atoms with van der Waals surface area (Å²) in [7, 11) is 1.65. The molecule has 1 heterocycles. The summed E-state index contributed by atoms with van der Waals surface area (Å²) in [6.07, 6.45) is 0. The normalized spacial score (nSPS) is 11.5. The van der Waals surface area contributed by atoms with E-state index in [1.807, 2.05) is 48.5 Å². The minimum absolute atomic E-state index is 0.0989. The predicted octanol–water partition coefficient (Wildman–Crippen LogP) is 4.52. The van der Waals surface area contributed by atoms with Crippen molar-refractivity contribution < 1.29 is 4.74 Å². The van der Waals surface area contributed by atoms with Crippen LogP contribution in [0.15, 0.2) is 48.5 Å². The molecule has 0 amide bonds. The standard InChI is InChI=1S/C19H21N3O/c1-19(2,3)22-18-17(13-8-6-5-7-9-13)20-16-12-14(23-4)10-11-15(16)21-18/h5-12H,1-4H3,(H,21,22). The fourth-order valence-electron chi connectivity index (χ4n) is 2.40. The molecule has 0 saturated heterocycles. The number of nitrogens with one attached hydrogen (secondary N) is 1. The van der Waals surface area contributed by atoms with Gasteiger partial charge in [-0.2, -0.15) is 0 Å². The van der Waals surface area contributed by atoms with Crippen molar-refractivity contribution >= 4 is 16.9 Å². The first-order valence-corrected chi connectivity index (χ1v) is 7.66. The fourth-order valence-corrected chi connectivity index (χ4v) is 2.40. The number of hydrogen-bond donors (Lipinski definition) is 1. The molecule has 1 N–H and O–H groups in total. The molecule has 2 aromatic carbocycles. The molecule has 0 radical (unpaired) electrons. The second kappa shape index (κ2) is 5.88. The smallest absolute Gasteiger partial charge is 0.153 e. The maximum atomic E-state index is 5.30. The van der Waals surface area contributed by atoms with Crippen molar-refractivity contribution in [1.82, 2.24) is 9.97 Å². The number of rotatable bonds is 3. The van der Waals surface area contributed by atoms with Crippen molar-refractivity contribution in [2.45, 2.75) is 26.3 Å². The number of fused-ring (bicyclic) bond motifs is 1. The number of hydrogen-bond acceptors (Lipinski definition) is 4. The molecule has 0 aliphatic heterocycles. The second-order valence-electron chi connectivity index (χ2n) is 6.52. The molecule has 4 heteroatoms. The van der Waals surface area contributed by atoms with Gasteiger partial charge in [0.15, 0.2) is 5.82 Å². The molecular formula is C19H21N3O. The zero-order valence-electron chi connectivity index (χ0n) is 13.9. The molecule has 0 aliphatic carbocycles. The van der Waals surface area contributed by atoms with Gasteiger partial charge in [-0.3, -0.25) is 0 Å². The van der Waals surface area contributed by atoms with Crippen molar-refractivity contribution in [2.75, 3.05) is 12.4 Å². The van der Waals surface area contributed by atoms with Crippen LogP contribution >= 0.6 is 0 Å². The average molecular weight is 307 g/mol. The van der Waals surface area contributed by atoms with Crippen molar-refractivity contribution in [3.05, 3.63) is 48.5 Å². The van der Waals surface area contributed by atoms with Gasteiger partial charge in [-0.1, -0.05) is 30.3 Å². The summed E-state index contributed by atoms with van der Waals surface area (Å²) in [6.45, 7) is 6.34. The lowest BCUT2D eigenvalue weighted by Gasteiger charge is -2.23. The van der Waals surface area contributed by atoms with E-state index in [0.717, 1.165) is 33.9 Å². The zero-order chi connectivity index (χ0) is 16.4.